The molecule has 3 fully saturated rings. The highest BCUT2D eigenvalue weighted by atomic mass is 16.5. The molecule has 2 aliphatic heterocycles. The molecule has 3 rings (SSSR count). The number of hydrogen-bond acceptors (Lipinski definition) is 3. The van der Waals surface area contributed by atoms with Crippen molar-refractivity contribution in [2.75, 3.05) is 32.8 Å². The monoisotopic (exact) mass is 337 g/mol. The molecule has 0 aromatic carbocycles. The highest BCUT2D eigenvalue weighted by molar-refractivity contribution is 5.83. The van der Waals surface area contributed by atoms with Crippen LogP contribution in [0.5, 0.6) is 0 Å². The standard InChI is InChI=1S/C18H31N3O3/c1-2-9-19-17(23)21-12-15(16(22)20-14-5-3-4-6-14)18(13-21)7-10-24-11-8-18/h14-15H,2-13H2,1H3,(H,19,23)(H,20,22). The van der Waals surface area contributed by atoms with Gasteiger partial charge >= 0.3 is 6.03 Å². The van der Waals surface area contributed by atoms with Crippen molar-refractivity contribution in [1.29, 1.82) is 0 Å². The van der Waals surface area contributed by atoms with E-state index in [0.717, 1.165) is 32.1 Å². The molecule has 2 N–H and O–H groups in total. The van der Waals surface area contributed by atoms with Gasteiger partial charge in [0.25, 0.3) is 0 Å². The summed E-state index contributed by atoms with van der Waals surface area (Å²) >= 11 is 0. The number of ether oxygens (including phenoxy) is 1. The van der Waals surface area contributed by atoms with Crippen LogP contribution >= 0.6 is 0 Å². The number of rotatable bonds is 4. The predicted octanol–water partition coefficient (Wildman–Crippen LogP) is 1.89. The molecule has 1 saturated carbocycles. The number of nitrogens with zero attached hydrogens (tertiary/aromatic N) is 1. The largest absolute Gasteiger partial charge is 0.381 e. The van der Waals surface area contributed by atoms with Gasteiger partial charge in [-0.15, -0.1) is 0 Å². The Kier molecular flexibility index (Phi) is 5.64. The maximum Gasteiger partial charge on any atom is 0.317 e. The van der Waals surface area contributed by atoms with Gasteiger partial charge in [0.15, 0.2) is 0 Å². The minimum absolute atomic E-state index is 0.0288. The van der Waals surface area contributed by atoms with Gasteiger partial charge in [-0.1, -0.05) is 19.8 Å². The van der Waals surface area contributed by atoms with E-state index in [0.29, 0.717) is 38.9 Å². The van der Waals surface area contributed by atoms with Crippen molar-refractivity contribution in [2.45, 2.75) is 57.9 Å². The Balaban J connectivity index is 1.68. The molecule has 3 amide bonds. The van der Waals surface area contributed by atoms with Crippen LogP contribution in [0.4, 0.5) is 4.79 Å². The second-order valence-corrected chi connectivity index (χ2v) is 7.63. The molecule has 2 saturated heterocycles. The minimum atomic E-state index is -0.107. The molecule has 2 heterocycles. The molecule has 0 aromatic heterocycles. The maximum atomic E-state index is 12.9. The number of amides is 3. The van der Waals surface area contributed by atoms with Crippen molar-refractivity contribution in [3.8, 4) is 0 Å². The van der Waals surface area contributed by atoms with Crippen LogP contribution in [0.1, 0.15) is 51.9 Å². The number of nitrogens with one attached hydrogen (secondary N) is 2. The molecule has 24 heavy (non-hydrogen) atoms. The summed E-state index contributed by atoms with van der Waals surface area (Å²) in [6.07, 6.45) is 7.26. The van der Waals surface area contributed by atoms with Gasteiger partial charge in [-0.3, -0.25) is 4.79 Å². The van der Waals surface area contributed by atoms with E-state index >= 15 is 0 Å². The Morgan fingerprint density at radius 2 is 1.92 bits per heavy atom. The minimum Gasteiger partial charge on any atom is -0.381 e. The highest BCUT2D eigenvalue weighted by Crippen LogP contribution is 2.44. The van der Waals surface area contributed by atoms with Crippen LogP contribution in [0.15, 0.2) is 0 Å². The Hall–Kier alpha value is -1.30. The Morgan fingerprint density at radius 3 is 2.58 bits per heavy atom. The molecular formula is C18H31N3O3. The van der Waals surface area contributed by atoms with Crippen molar-refractivity contribution in [3.63, 3.8) is 0 Å². The van der Waals surface area contributed by atoms with Crippen molar-refractivity contribution in [2.24, 2.45) is 11.3 Å². The second kappa shape index (κ2) is 7.72. The fraction of sp³-hybridized carbons (Fsp3) is 0.889. The van der Waals surface area contributed by atoms with Gasteiger partial charge in [0.05, 0.1) is 5.92 Å². The molecule has 1 atom stereocenters. The normalized spacial score (nSPS) is 26.7. The lowest BCUT2D eigenvalue weighted by molar-refractivity contribution is -0.130. The van der Waals surface area contributed by atoms with Crippen LogP contribution < -0.4 is 10.6 Å². The summed E-state index contributed by atoms with van der Waals surface area (Å²) < 4.78 is 5.53. The number of likely N-dealkylation sites (tertiary alicyclic amines) is 1. The fourth-order valence-electron chi connectivity index (χ4n) is 4.48. The van der Waals surface area contributed by atoms with Gasteiger partial charge in [0.1, 0.15) is 0 Å². The van der Waals surface area contributed by atoms with E-state index in [1.165, 1.54) is 12.8 Å². The van der Waals surface area contributed by atoms with Crippen molar-refractivity contribution < 1.29 is 14.3 Å². The molecule has 6 heteroatoms. The third-order valence-electron chi connectivity index (χ3n) is 5.97. The van der Waals surface area contributed by atoms with Crippen LogP contribution in [0.3, 0.4) is 0 Å². The Bertz CT molecular complexity index is 456. The number of urea groups is 1. The lowest BCUT2D eigenvalue weighted by atomic mass is 9.71. The first-order valence-electron chi connectivity index (χ1n) is 9.55. The summed E-state index contributed by atoms with van der Waals surface area (Å²) in [6, 6.07) is 0.302. The SMILES string of the molecule is CCCNC(=O)N1CC(C(=O)NC2CCCC2)C2(CCOCC2)C1. The molecule has 1 spiro atoms. The van der Waals surface area contributed by atoms with Crippen LogP contribution in [0.25, 0.3) is 0 Å². The molecule has 0 radical (unpaired) electrons. The fourth-order valence-corrected chi connectivity index (χ4v) is 4.48. The van der Waals surface area contributed by atoms with Gasteiger partial charge in [-0.2, -0.15) is 0 Å². The van der Waals surface area contributed by atoms with Gasteiger partial charge < -0.3 is 20.3 Å². The molecule has 3 aliphatic rings. The summed E-state index contributed by atoms with van der Waals surface area (Å²) in [7, 11) is 0. The van der Waals surface area contributed by atoms with Gasteiger partial charge in [0, 0.05) is 44.3 Å². The van der Waals surface area contributed by atoms with Crippen molar-refractivity contribution in [1.82, 2.24) is 15.5 Å². The van der Waals surface area contributed by atoms with Crippen LogP contribution in [0, 0.1) is 11.3 Å². The van der Waals surface area contributed by atoms with Crippen molar-refractivity contribution >= 4 is 11.9 Å². The third kappa shape index (κ3) is 3.68. The van der Waals surface area contributed by atoms with E-state index in [4.69, 9.17) is 4.74 Å². The molecule has 1 aliphatic carbocycles. The first-order valence-corrected chi connectivity index (χ1v) is 9.55. The quantitative estimate of drug-likeness (QED) is 0.823. The van der Waals surface area contributed by atoms with Gasteiger partial charge in [-0.25, -0.2) is 4.79 Å². The summed E-state index contributed by atoms with van der Waals surface area (Å²) in [5.41, 5.74) is -0.107. The lowest BCUT2D eigenvalue weighted by Gasteiger charge is -2.37. The summed E-state index contributed by atoms with van der Waals surface area (Å²) in [4.78, 5) is 27.2. The van der Waals surface area contributed by atoms with Crippen LogP contribution in [0.2, 0.25) is 0 Å². The Labute approximate surface area is 144 Å². The molecular weight excluding hydrogens is 306 g/mol. The first kappa shape index (κ1) is 17.5. The molecule has 0 aromatic rings. The summed E-state index contributed by atoms with van der Waals surface area (Å²) in [5.74, 6) is 0.0453. The topological polar surface area (TPSA) is 70.7 Å². The van der Waals surface area contributed by atoms with Gasteiger partial charge in [0.2, 0.25) is 5.91 Å². The summed E-state index contributed by atoms with van der Waals surface area (Å²) in [5, 5.41) is 6.21. The zero-order chi connectivity index (χ0) is 17.0. The lowest BCUT2D eigenvalue weighted by Crippen LogP contribution is -2.46. The van der Waals surface area contributed by atoms with E-state index in [-0.39, 0.29) is 23.3 Å². The average molecular weight is 337 g/mol. The summed E-state index contributed by atoms with van der Waals surface area (Å²) in [6.45, 7) is 5.32. The molecule has 1 unspecified atom stereocenters. The van der Waals surface area contributed by atoms with E-state index < -0.39 is 0 Å². The Morgan fingerprint density at radius 1 is 1.21 bits per heavy atom. The van der Waals surface area contributed by atoms with Crippen LogP contribution in [-0.2, 0) is 9.53 Å². The first-order chi connectivity index (χ1) is 11.6. The number of hydrogen-bond donors (Lipinski definition) is 2. The average Bonchev–Trinajstić information content (AvgIpc) is 3.21. The molecule has 0 bridgehead atoms. The highest BCUT2D eigenvalue weighted by Gasteiger charge is 2.52. The second-order valence-electron chi connectivity index (χ2n) is 7.63. The van der Waals surface area contributed by atoms with Crippen LogP contribution in [-0.4, -0.2) is 55.7 Å². The zero-order valence-electron chi connectivity index (χ0n) is 14.8. The predicted molar refractivity (Wildman–Crippen MR) is 91.6 cm³/mol. The van der Waals surface area contributed by atoms with E-state index in [1.54, 1.807) is 0 Å². The van der Waals surface area contributed by atoms with E-state index in [1.807, 2.05) is 11.8 Å². The molecule has 136 valence electrons. The number of carbonyl (C=O) groups excluding carboxylic acids is 2. The van der Waals surface area contributed by atoms with E-state index in [9.17, 15) is 9.59 Å². The van der Waals surface area contributed by atoms with Gasteiger partial charge in [-0.05, 0) is 32.1 Å². The van der Waals surface area contributed by atoms with E-state index in [2.05, 4.69) is 10.6 Å². The number of carbonyl (C=O) groups is 2. The zero-order valence-corrected chi connectivity index (χ0v) is 14.8. The molecule has 6 nitrogen and oxygen atoms in total. The smallest absolute Gasteiger partial charge is 0.317 e. The third-order valence-corrected chi connectivity index (χ3v) is 5.97. The van der Waals surface area contributed by atoms with Crippen molar-refractivity contribution in [3.05, 3.63) is 0 Å². The maximum absolute atomic E-state index is 12.9.